The van der Waals surface area contributed by atoms with Crippen LogP contribution in [0.3, 0.4) is 0 Å². The second-order valence-electron chi connectivity index (χ2n) is 6.07. The Morgan fingerprint density at radius 1 is 0.920 bits per heavy atom. The molecule has 0 aromatic carbocycles. The van der Waals surface area contributed by atoms with Crippen LogP contribution in [0.4, 0.5) is 0 Å². The standard InChI is InChI=1S/C19H26N2O4/c1-7-20(11-13(3)4)18(23)16-9-15(22)10-17(25-16)19(24)21(8-2)12-14(5)6/h9-10H,3,5,7-8,11-12H2,1-2,4,6H3. The molecule has 0 radical (unpaired) electrons. The van der Waals surface area contributed by atoms with Crippen molar-refractivity contribution >= 4 is 11.8 Å². The number of hydrogen-bond donors (Lipinski definition) is 0. The maximum atomic E-state index is 12.6. The van der Waals surface area contributed by atoms with Crippen LogP contribution >= 0.6 is 0 Å². The fraction of sp³-hybridized carbons (Fsp3) is 0.421. The van der Waals surface area contributed by atoms with E-state index >= 15 is 0 Å². The molecule has 0 saturated carbocycles. The Kier molecular flexibility index (Phi) is 7.36. The van der Waals surface area contributed by atoms with E-state index < -0.39 is 17.2 Å². The van der Waals surface area contributed by atoms with Crippen molar-refractivity contribution in [3.63, 3.8) is 0 Å². The summed E-state index contributed by atoms with van der Waals surface area (Å²) in [5.41, 5.74) is 1.17. The van der Waals surface area contributed by atoms with Crippen molar-refractivity contribution in [2.45, 2.75) is 27.7 Å². The van der Waals surface area contributed by atoms with Gasteiger partial charge in [0.05, 0.1) is 0 Å². The second-order valence-corrected chi connectivity index (χ2v) is 6.07. The summed E-state index contributed by atoms with van der Waals surface area (Å²) in [5.74, 6) is -1.18. The van der Waals surface area contributed by atoms with Gasteiger partial charge in [-0.1, -0.05) is 24.3 Å². The first-order valence-corrected chi connectivity index (χ1v) is 8.22. The van der Waals surface area contributed by atoms with Crippen LogP contribution in [0.15, 0.2) is 45.6 Å². The third kappa shape index (κ3) is 5.74. The molecule has 0 N–H and O–H groups in total. The molecule has 1 aromatic rings. The van der Waals surface area contributed by atoms with Gasteiger partial charge < -0.3 is 14.2 Å². The summed E-state index contributed by atoms with van der Waals surface area (Å²) >= 11 is 0. The van der Waals surface area contributed by atoms with Gasteiger partial charge in [-0.05, 0) is 27.7 Å². The quantitative estimate of drug-likeness (QED) is 0.679. The minimum Gasteiger partial charge on any atom is -0.445 e. The summed E-state index contributed by atoms with van der Waals surface area (Å²) in [7, 11) is 0. The zero-order valence-corrected chi connectivity index (χ0v) is 15.4. The van der Waals surface area contributed by atoms with Crippen LogP contribution in [-0.4, -0.2) is 47.8 Å². The van der Waals surface area contributed by atoms with Crippen LogP contribution < -0.4 is 5.43 Å². The molecule has 25 heavy (non-hydrogen) atoms. The van der Waals surface area contributed by atoms with E-state index in [0.717, 1.165) is 23.3 Å². The summed E-state index contributed by atoms with van der Waals surface area (Å²) in [6.07, 6.45) is 0. The fourth-order valence-corrected chi connectivity index (χ4v) is 2.31. The van der Waals surface area contributed by atoms with Crippen molar-refractivity contribution in [2.75, 3.05) is 26.2 Å². The maximum absolute atomic E-state index is 12.6. The van der Waals surface area contributed by atoms with Gasteiger partial charge in [0.2, 0.25) is 0 Å². The molecule has 0 spiro atoms. The maximum Gasteiger partial charge on any atom is 0.290 e. The lowest BCUT2D eigenvalue weighted by Crippen LogP contribution is -2.34. The van der Waals surface area contributed by atoms with Crippen LogP contribution in [0.2, 0.25) is 0 Å². The molecule has 0 aliphatic rings. The van der Waals surface area contributed by atoms with Crippen molar-refractivity contribution in [3.8, 4) is 0 Å². The van der Waals surface area contributed by atoms with E-state index in [1.165, 1.54) is 9.80 Å². The van der Waals surface area contributed by atoms with Crippen LogP contribution in [0, 0.1) is 0 Å². The molecule has 2 amide bonds. The Morgan fingerprint density at radius 2 is 1.28 bits per heavy atom. The van der Waals surface area contributed by atoms with Gasteiger partial charge >= 0.3 is 0 Å². The Balaban J connectivity index is 3.20. The molecule has 0 unspecified atom stereocenters. The van der Waals surface area contributed by atoms with Crippen LogP contribution in [-0.2, 0) is 0 Å². The fourth-order valence-electron chi connectivity index (χ4n) is 2.31. The Hall–Kier alpha value is -2.63. The van der Waals surface area contributed by atoms with Gasteiger partial charge in [-0.15, -0.1) is 0 Å². The highest BCUT2D eigenvalue weighted by molar-refractivity contribution is 5.94. The largest absolute Gasteiger partial charge is 0.445 e. The van der Waals surface area contributed by atoms with E-state index in [-0.39, 0.29) is 11.5 Å². The van der Waals surface area contributed by atoms with E-state index in [9.17, 15) is 14.4 Å². The van der Waals surface area contributed by atoms with E-state index in [1.807, 2.05) is 27.7 Å². The molecule has 0 atom stereocenters. The normalized spacial score (nSPS) is 10.2. The number of rotatable bonds is 8. The first kappa shape index (κ1) is 20.4. The molecule has 0 bridgehead atoms. The number of likely N-dealkylation sites (N-methyl/N-ethyl adjacent to an activating group) is 2. The van der Waals surface area contributed by atoms with Crippen LogP contribution in [0.25, 0.3) is 0 Å². The lowest BCUT2D eigenvalue weighted by molar-refractivity contribution is 0.0708. The van der Waals surface area contributed by atoms with Gasteiger partial charge in [0.15, 0.2) is 16.9 Å². The second kappa shape index (κ2) is 9.01. The molecular weight excluding hydrogens is 320 g/mol. The third-order valence-corrected chi connectivity index (χ3v) is 3.45. The molecule has 6 nitrogen and oxygen atoms in total. The number of carbonyl (C=O) groups is 2. The average Bonchev–Trinajstić information content (AvgIpc) is 2.55. The number of amides is 2. The van der Waals surface area contributed by atoms with Gasteiger partial charge in [-0.25, -0.2) is 0 Å². The SMILES string of the molecule is C=C(C)CN(CC)C(=O)c1cc(=O)cc(C(=O)N(CC)CC(=C)C)o1. The van der Waals surface area contributed by atoms with Crippen molar-refractivity contribution in [2.24, 2.45) is 0 Å². The minimum atomic E-state index is -0.448. The highest BCUT2D eigenvalue weighted by Crippen LogP contribution is 2.11. The molecule has 6 heteroatoms. The predicted molar refractivity (Wildman–Crippen MR) is 97.8 cm³/mol. The van der Waals surface area contributed by atoms with Crippen molar-refractivity contribution in [1.82, 2.24) is 9.80 Å². The summed E-state index contributed by atoms with van der Waals surface area (Å²) < 4.78 is 5.47. The molecule has 1 aromatic heterocycles. The van der Waals surface area contributed by atoms with E-state index in [2.05, 4.69) is 13.2 Å². The molecular formula is C19H26N2O4. The zero-order valence-electron chi connectivity index (χ0n) is 15.4. The third-order valence-electron chi connectivity index (χ3n) is 3.45. The molecule has 0 aliphatic carbocycles. The van der Waals surface area contributed by atoms with E-state index in [0.29, 0.717) is 26.2 Å². The minimum absolute atomic E-state index is 0.148. The molecule has 136 valence electrons. The number of hydrogen-bond acceptors (Lipinski definition) is 4. The summed E-state index contributed by atoms with van der Waals surface area (Å²) in [6, 6.07) is 2.21. The van der Waals surface area contributed by atoms with Crippen LogP contribution in [0.5, 0.6) is 0 Å². The smallest absolute Gasteiger partial charge is 0.290 e. The number of nitrogens with zero attached hydrogens (tertiary/aromatic N) is 2. The number of carbonyl (C=O) groups excluding carboxylic acids is 2. The zero-order chi connectivity index (χ0) is 19.1. The summed E-state index contributed by atoms with van der Waals surface area (Å²) in [5, 5.41) is 0. The van der Waals surface area contributed by atoms with E-state index in [1.54, 1.807) is 0 Å². The highest BCUT2D eigenvalue weighted by Gasteiger charge is 2.22. The van der Waals surface area contributed by atoms with Crippen molar-refractivity contribution < 1.29 is 14.0 Å². The first-order chi connectivity index (χ1) is 11.7. The van der Waals surface area contributed by atoms with Crippen molar-refractivity contribution in [3.05, 3.63) is 58.2 Å². The topological polar surface area (TPSA) is 70.8 Å². The molecule has 0 aliphatic heterocycles. The van der Waals surface area contributed by atoms with Gasteiger partial charge in [-0.2, -0.15) is 0 Å². The van der Waals surface area contributed by atoms with Crippen LogP contribution in [0.1, 0.15) is 48.8 Å². The molecule has 1 rings (SSSR count). The van der Waals surface area contributed by atoms with Gasteiger partial charge in [-0.3, -0.25) is 14.4 Å². The Labute approximate surface area is 148 Å². The lowest BCUT2D eigenvalue weighted by atomic mass is 10.2. The lowest BCUT2D eigenvalue weighted by Gasteiger charge is -2.22. The average molecular weight is 346 g/mol. The molecule has 0 saturated heterocycles. The Bertz CT molecular complexity index is 676. The highest BCUT2D eigenvalue weighted by atomic mass is 16.4. The predicted octanol–water partition coefficient (Wildman–Crippen LogP) is 2.72. The monoisotopic (exact) mass is 346 g/mol. The summed E-state index contributed by atoms with van der Waals surface area (Å²) in [6.45, 7) is 16.4. The Morgan fingerprint density at radius 3 is 1.56 bits per heavy atom. The molecule has 0 fully saturated rings. The van der Waals surface area contributed by atoms with Gasteiger partial charge in [0.25, 0.3) is 11.8 Å². The van der Waals surface area contributed by atoms with Gasteiger partial charge in [0.1, 0.15) is 0 Å². The molecule has 1 heterocycles. The van der Waals surface area contributed by atoms with E-state index in [4.69, 9.17) is 4.42 Å². The summed E-state index contributed by atoms with van der Waals surface area (Å²) in [4.78, 5) is 40.1. The van der Waals surface area contributed by atoms with Gasteiger partial charge in [0, 0.05) is 38.3 Å². The first-order valence-electron chi connectivity index (χ1n) is 8.22. The van der Waals surface area contributed by atoms with Crippen molar-refractivity contribution in [1.29, 1.82) is 0 Å².